The number of hydrogen-bond donors (Lipinski definition) is 1. The van der Waals surface area contributed by atoms with E-state index in [2.05, 4.69) is 36.3 Å². The van der Waals surface area contributed by atoms with E-state index >= 15 is 0 Å². The summed E-state index contributed by atoms with van der Waals surface area (Å²) in [5.41, 5.74) is 1.52. The lowest BCUT2D eigenvalue weighted by molar-refractivity contribution is 0.132. The molecule has 0 amide bonds. The molecular weight excluding hydrogens is 290 g/mol. The van der Waals surface area contributed by atoms with E-state index in [1.807, 2.05) is 12.1 Å². The summed E-state index contributed by atoms with van der Waals surface area (Å²) in [5, 5.41) is 12.1. The quantitative estimate of drug-likeness (QED) is 0.859. The number of aromatic nitrogens is 1. The first kappa shape index (κ1) is 15.2. The summed E-state index contributed by atoms with van der Waals surface area (Å²) in [5.74, 6) is 2.18. The van der Waals surface area contributed by atoms with Crippen molar-refractivity contribution in [1.29, 1.82) is 5.26 Å². The Labute approximate surface area is 135 Å². The van der Waals surface area contributed by atoms with Gasteiger partial charge in [0.05, 0.1) is 12.1 Å². The van der Waals surface area contributed by atoms with Crippen LogP contribution in [0.4, 0.5) is 5.82 Å². The van der Waals surface area contributed by atoms with E-state index in [4.69, 9.17) is 14.7 Å². The second-order valence-corrected chi connectivity index (χ2v) is 6.07. The summed E-state index contributed by atoms with van der Waals surface area (Å²) >= 11 is 0. The minimum Gasteiger partial charge on any atom is -0.488 e. The van der Waals surface area contributed by atoms with Crippen molar-refractivity contribution in [3.8, 4) is 17.6 Å². The lowest BCUT2D eigenvalue weighted by Crippen LogP contribution is -2.24. The monoisotopic (exact) mass is 309 g/mol. The topological polar surface area (TPSA) is 67.2 Å². The average molecular weight is 309 g/mol. The molecule has 1 aromatic heterocycles. The van der Waals surface area contributed by atoms with Crippen molar-refractivity contribution in [2.24, 2.45) is 0 Å². The summed E-state index contributed by atoms with van der Waals surface area (Å²) in [6.45, 7) is 5.16. The highest BCUT2D eigenvalue weighted by atomic mass is 16.5. The minimum atomic E-state index is -0.185. The van der Waals surface area contributed by atoms with E-state index in [-0.39, 0.29) is 5.60 Å². The molecule has 1 aromatic carbocycles. The molecule has 0 aliphatic carbocycles. The highest BCUT2D eigenvalue weighted by molar-refractivity contribution is 5.51. The molecule has 0 saturated carbocycles. The van der Waals surface area contributed by atoms with Crippen LogP contribution < -0.4 is 14.8 Å². The fourth-order valence-electron chi connectivity index (χ4n) is 2.67. The van der Waals surface area contributed by atoms with Gasteiger partial charge in [0, 0.05) is 18.2 Å². The molecule has 0 bridgehead atoms. The van der Waals surface area contributed by atoms with Crippen LogP contribution in [0.3, 0.4) is 0 Å². The van der Waals surface area contributed by atoms with Crippen LogP contribution in [-0.4, -0.2) is 23.7 Å². The molecule has 1 aliphatic rings. The van der Waals surface area contributed by atoms with Gasteiger partial charge in [0.1, 0.15) is 24.1 Å². The van der Waals surface area contributed by atoms with Crippen molar-refractivity contribution in [1.82, 2.24) is 4.98 Å². The van der Waals surface area contributed by atoms with Gasteiger partial charge in [-0.15, -0.1) is 0 Å². The fraction of sp³-hybridized carbons (Fsp3) is 0.333. The summed E-state index contributed by atoms with van der Waals surface area (Å²) < 4.78 is 11.8. The van der Waals surface area contributed by atoms with Gasteiger partial charge in [0.25, 0.3) is 0 Å². The van der Waals surface area contributed by atoms with Crippen LogP contribution in [0.1, 0.15) is 25.0 Å². The van der Waals surface area contributed by atoms with Crippen molar-refractivity contribution in [3.63, 3.8) is 0 Å². The van der Waals surface area contributed by atoms with Crippen LogP contribution >= 0.6 is 0 Å². The summed E-state index contributed by atoms with van der Waals surface area (Å²) in [4.78, 5) is 4.16. The maximum absolute atomic E-state index is 9.03. The number of para-hydroxylation sites is 1. The first-order valence-corrected chi connectivity index (χ1v) is 7.62. The second-order valence-electron chi connectivity index (χ2n) is 6.07. The molecule has 0 atom stereocenters. The Kier molecular flexibility index (Phi) is 4.07. The van der Waals surface area contributed by atoms with Gasteiger partial charge in [-0.3, -0.25) is 0 Å². The summed E-state index contributed by atoms with van der Waals surface area (Å²) in [6, 6.07) is 11.6. The zero-order chi connectivity index (χ0) is 16.3. The molecule has 5 heteroatoms. The number of pyridine rings is 1. The summed E-state index contributed by atoms with van der Waals surface area (Å²) in [6.07, 6.45) is 2.54. The maximum Gasteiger partial charge on any atom is 0.165 e. The third-order valence-corrected chi connectivity index (χ3v) is 3.64. The zero-order valence-corrected chi connectivity index (χ0v) is 13.3. The normalized spacial score (nSPS) is 14.5. The molecule has 118 valence electrons. The Hall–Kier alpha value is -2.74. The average Bonchev–Trinajstić information content (AvgIpc) is 2.86. The lowest BCUT2D eigenvalue weighted by atomic mass is 10.0. The van der Waals surface area contributed by atoms with Crippen molar-refractivity contribution in [2.75, 3.05) is 18.5 Å². The van der Waals surface area contributed by atoms with Gasteiger partial charge in [-0.1, -0.05) is 12.1 Å². The SMILES string of the molecule is CC1(C)Cc2cccc(OCCNc3ncccc3C#N)c2O1. The number of hydrogen-bond acceptors (Lipinski definition) is 5. The molecule has 23 heavy (non-hydrogen) atoms. The molecule has 0 fully saturated rings. The van der Waals surface area contributed by atoms with Crippen molar-refractivity contribution in [3.05, 3.63) is 47.7 Å². The van der Waals surface area contributed by atoms with Crippen molar-refractivity contribution >= 4 is 5.82 Å². The van der Waals surface area contributed by atoms with Gasteiger partial charge in [-0.05, 0) is 32.0 Å². The van der Waals surface area contributed by atoms with E-state index < -0.39 is 0 Å². The van der Waals surface area contributed by atoms with Gasteiger partial charge < -0.3 is 14.8 Å². The highest BCUT2D eigenvalue weighted by Crippen LogP contribution is 2.41. The largest absolute Gasteiger partial charge is 0.488 e. The third kappa shape index (κ3) is 3.37. The molecule has 5 nitrogen and oxygen atoms in total. The molecule has 0 saturated heterocycles. The number of nitrogens with one attached hydrogen (secondary N) is 1. The number of nitriles is 1. The molecule has 2 aromatic rings. The molecule has 0 unspecified atom stereocenters. The Morgan fingerprint density at radius 1 is 1.35 bits per heavy atom. The molecule has 1 aliphatic heterocycles. The van der Waals surface area contributed by atoms with Gasteiger partial charge in [0.15, 0.2) is 11.5 Å². The van der Waals surface area contributed by atoms with E-state index in [9.17, 15) is 0 Å². The number of anilines is 1. The molecule has 3 rings (SSSR count). The van der Waals surface area contributed by atoms with Crippen LogP contribution in [0.15, 0.2) is 36.5 Å². The minimum absolute atomic E-state index is 0.185. The van der Waals surface area contributed by atoms with Crippen LogP contribution in [0, 0.1) is 11.3 Å². The number of rotatable bonds is 5. The van der Waals surface area contributed by atoms with E-state index in [1.165, 1.54) is 5.56 Å². The number of benzene rings is 1. The molecular formula is C18H19N3O2. The molecule has 2 heterocycles. The van der Waals surface area contributed by atoms with Gasteiger partial charge >= 0.3 is 0 Å². The van der Waals surface area contributed by atoms with Gasteiger partial charge in [0.2, 0.25) is 0 Å². The van der Waals surface area contributed by atoms with E-state index in [0.717, 1.165) is 17.9 Å². The highest BCUT2D eigenvalue weighted by Gasteiger charge is 2.32. The predicted molar refractivity (Wildman–Crippen MR) is 87.8 cm³/mol. The van der Waals surface area contributed by atoms with Gasteiger partial charge in [-0.25, -0.2) is 4.98 Å². The fourth-order valence-corrected chi connectivity index (χ4v) is 2.67. The van der Waals surface area contributed by atoms with Crippen LogP contribution in [0.25, 0.3) is 0 Å². The van der Waals surface area contributed by atoms with Crippen LogP contribution in [0.2, 0.25) is 0 Å². The van der Waals surface area contributed by atoms with Crippen molar-refractivity contribution in [2.45, 2.75) is 25.9 Å². The van der Waals surface area contributed by atoms with Crippen LogP contribution in [0.5, 0.6) is 11.5 Å². The Bertz CT molecular complexity index is 750. The van der Waals surface area contributed by atoms with E-state index in [1.54, 1.807) is 18.3 Å². The number of ether oxygens (including phenoxy) is 2. The van der Waals surface area contributed by atoms with Crippen molar-refractivity contribution < 1.29 is 9.47 Å². The molecule has 0 spiro atoms. The first-order valence-electron chi connectivity index (χ1n) is 7.62. The zero-order valence-electron chi connectivity index (χ0n) is 13.3. The Balaban J connectivity index is 1.59. The lowest BCUT2D eigenvalue weighted by Gasteiger charge is -2.18. The van der Waals surface area contributed by atoms with Crippen LogP contribution in [-0.2, 0) is 6.42 Å². The Morgan fingerprint density at radius 3 is 3.04 bits per heavy atom. The Morgan fingerprint density at radius 2 is 2.22 bits per heavy atom. The second kappa shape index (κ2) is 6.17. The molecule has 0 radical (unpaired) electrons. The number of nitrogens with zero attached hydrogens (tertiary/aromatic N) is 2. The standard InChI is InChI=1S/C18H19N3O2/c1-18(2)11-13-5-3-7-15(16(13)23-18)22-10-9-21-17-14(12-19)6-4-8-20-17/h3-8H,9-11H2,1-2H3,(H,20,21). The smallest absolute Gasteiger partial charge is 0.165 e. The molecule has 1 N–H and O–H groups in total. The number of fused-ring (bicyclic) bond motifs is 1. The first-order chi connectivity index (χ1) is 11.1. The maximum atomic E-state index is 9.03. The van der Waals surface area contributed by atoms with E-state index in [0.29, 0.717) is 24.5 Å². The summed E-state index contributed by atoms with van der Waals surface area (Å²) in [7, 11) is 0. The third-order valence-electron chi connectivity index (χ3n) is 3.64. The van der Waals surface area contributed by atoms with Gasteiger partial charge in [-0.2, -0.15) is 5.26 Å². The predicted octanol–water partition coefficient (Wildman–Crippen LogP) is 3.16.